The van der Waals surface area contributed by atoms with Gasteiger partial charge >= 0.3 is 0 Å². The summed E-state index contributed by atoms with van der Waals surface area (Å²) in [5.74, 6) is -0.489. The third-order valence-electron chi connectivity index (χ3n) is 3.05. The minimum Gasteiger partial charge on any atom is -0.381 e. The van der Waals surface area contributed by atoms with Crippen LogP contribution < -0.4 is 0 Å². The Morgan fingerprint density at radius 1 is 1.05 bits per heavy atom. The molecule has 0 aromatic heterocycles. The number of hydrogen-bond acceptors (Lipinski definition) is 3. The monoisotopic (exact) mass is 278 g/mol. The van der Waals surface area contributed by atoms with Gasteiger partial charge in [-0.3, -0.25) is 14.5 Å². The SMILES string of the molecule is C=CC(C(=O)N(CCCCN(C)C=C)C(C)=O)=C(C)C. The first-order chi connectivity index (χ1) is 9.34. The van der Waals surface area contributed by atoms with Gasteiger partial charge in [0, 0.05) is 32.6 Å². The molecule has 0 unspecified atom stereocenters. The number of imide groups is 1. The third kappa shape index (κ3) is 5.87. The van der Waals surface area contributed by atoms with Crippen molar-refractivity contribution in [2.24, 2.45) is 0 Å². The predicted molar refractivity (Wildman–Crippen MR) is 83.0 cm³/mol. The number of unbranched alkanes of at least 4 members (excludes halogenated alkanes) is 1. The van der Waals surface area contributed by atoms with E-state index in [4.69, 9.17) is 0 Å². The zero-order valence-electron chi connectivity index (χ0n) is 13.1. The van der Waals surface area contributed by atoms with Crippen molar-refractivity contribution in [3.63, 3.8) is 0 Å². The first-order valence-corrected chi connectivity index (χ1v) is 6.80. The number of allylic oxidation sites excluding steroid dienone is 1. The summed E-state index contributed by atoms with van der Waals surface area (Å²) in [4.78, 5) is 27.2. The van der Waals surface area contributed by atoms with Crippen molar-refractivity contribution >= 4 is 11.8 Å². The molecule has 112 valence electrons. The van der Waals surface area contributed by atoms with Gasteiger partial charge in [0.05, 0.1) is 0 Å². The summed E-state index contributed by atoms with van der Waals surface area (Å²) in [6.07, 6.45) is 4.94. The maximum absolute atomic E-state index is 12.3. The van der Waals surface area contributed by atoms with E-state index >= 15 is 0 Å². The van der Waals surface area contributed by atoms with Crippen molar-refractivity contribution in [1.29, 1.82) is 0 Å². The highest BCUT2D eigenvalue weighted by atomic mass is 16.2. The first-order valence-electron chi connectivity index (χ1n) is 6.80. The molecule has 0 saturated carbocycles. The van der Waals surface area contributed by atoms with Crippen molar-refractivity contribution in [3.8, 4) is 0 Å². The van der Waals surface area contributed by atoms with E-state index in [2.05, 4.69) is 13.2 Å². The normalized spacial score (nSPS) is 9.60. The van der Waals surface area contributed by atoms with Crippen LogP contribution in [-0.2, 0) is 9.59 Å². The van der Waals surface area contributed by atoms with Crippen LogP contribution in [-0.4, -0.2) is 41.8 Å². The van der Waals surface area contributed by atoms with Crippen LogP contribution >= 0.6 is 0 Å². The highest BCUT2D eigenvalue weighted by molar-refractivity contribution is 6.05. The van der Waals surface area contributed by atoms with E-state index in [1.165, 1.54) is 17.9 Å². The second-order valence-corrected chi connectivity index (χ2v) is 4.96. The van der Waals surface area contributed by atoms with E-state index < -0.39 is 0 Å². The van der Waals surface area contributed by atoms with Gasteiger partial charge < -0.3 is 4.90 Å². The Morgan fingerprint density at radius 3 is 2.00 bits per heavy atom. The number of rotatable bonds is 8. The minimum atomic E-state index is -0.260. The lowest BCUT2D eigenvalue weighted by Gasteiger charge is -2.21. The molecule has 0 saturated heterocycles. The van der Waals surface area contributed by atoms with Crippen molar-refractivity contribution in [2.75, 3.05) is 20.1 Å². The highest BCUT2D eigenvalue weighted by Gasteiger charge is 2.20. The molecule has 0 fully saturated rings. The molecule has 0 aromatic rings. The largest absolute Gasteiger partial charge is 0.381 e. The number of amides is 2. The average molecular weight is 278 g/mol. The average Bonchev–Trinajstić information content (AvgIpc) is 2.37. The molecule has 0 bridgehead atoms. The summed E-state index contributed by atoms with van der Waals surface area (Å²) in [5, 5.41) is 0. The van der Waals surface area contributed by atoms with Crippen LogP contribution in [0.4, 0.5) is 0 Å². The van der Waals surface area contributed by atoms with Crippen molar-refractivity contribution < 1.29 is 9.59 Å². The van der Waals surface area contributed by atoms with Crippen LogP contribution in [0.2, 0.25) is 0 Å². The fourth-order valence-corrected chi connectivity index (χ4v) is 1.78. The van der Waals surface area contributed by atoms with Gasteiger partial charge in [-0.15, -0.1) is 0 Å². The maximum atomic E-state index is 12.3. The number of carbonyl (C=O) groups excluding carboxylic acids is 2. The first kappa shape index (κ1) is 18.2. The Kier molecular flexibility index (Phi) is 8.29. The Bertz CT molecular complexity index is 407. The smallest absolute Gasteiger partial charge is 0.260 e. The molecular formula is C16H26N2O2. The summed E-state index contributed by atoms with van der Waals surface area (Å²) < 4.78 is 0. The summed E-state index contributed by atoms with van der Waals surface area (Å²) >= 11 is 0. The van der Waals surface area contributed by atoms with Gasteiger partial charge in [0.25, 0.3) is 5.91 Å². The molecule has 2 amide bonds. The molecule has 0 atom stereocenters. The molecule has 4 heteroatoms. The van der Waals surface area contributed by atoms with Gasteiger partial charge in [0.15, 0.2) is 0 Å². The van der Waals surface area contributed by atoms with Crippen molar-refractivity contribution in [1.82, 2.24) is 9.80 Å². The van der Waals surface area contributed by atoms with E-state index in [1.54, 1.807) is 6.20 Å². The summed E-state index contributed by atoms with van der Waals surface area (Å²) in [6, 6.07) is 0. The lowest BCUT2D eigenvalue weighted by atomic mass is 10.1. The molecule has 20 heavy (non-hydrogen) atoms. The summed E-state index contributed by atoms with van der Waals surface area (Å²) in [5.41, 5.74) is 1.37. The topological polar surface area (TPSA) is 40.6 Å². The molecular weight excluding hydrogens is 252 g/mol. The Hall–Kier alpha value is -1.84. The van der Waals surface area contributed by atoms with Gasteiger partial charge in [-0.05, 0) is 32.9 Å². The van der Waals surface area contributed by atoms with Gasteiger partial charge in [-0.1, -0.05) is 24.8 Å². The molecule has 0 N–H and O–H groups in total. The minimum absolute atomic E-state index is 0.229. The van der Waals surface area contributed by atoms with E-state index in [9.17, 15) is 9.59 Å². The Labute approximate surface area is 122 Å². The predicted octanol–water partition coefficient (Wildman–Crippen LogP) is 2.74. The van der Waals surface area contributed by atoms with Gasteiger partial charge in [0.2, 0.25) is 5.91 Å². The highest BCUT2D eigenvalue weighted by Crippen LogP contribution is 2.10. The fraction of sp³-hybridized carbons (Fsp3) is 0.500. The van der Waals surface area contributed by atoms with Crippen LogP contribution in [0.15, 0.2) is 36.6 Å². The van der Waals surface area contributed by atoms with E-state index in [-0.39, 0.29) is 11.8 Å². The molecule has 0 aliphatic carbocycles. The van der Waals surface area contributed by atoms with E-state index in [1.807, 2.05) is 25.8 Å². The van der Waals surface area contributed by atoms with E-state index in [0.717, 1.165) is 25.0 Å². The lowest BCUT2D eigenvalue weighted by Crippen LogP contribution is -2.37. The van der Waals surface area contributed by atoms with Crippen LogP contribution in [0, 0.1) is 0 Å². The Balaban J connectivity index is 4.63. The van der Waals surface area contributed by atoms with Crippen LogP contribution in [0.25, 0.3) is 0 Å². The quantitative estimate of drug-likeness (QED) is 0.389. The van der Waals surface area contributed by atoms with Crippen molar-refractivity contribution in [3.05, 3.63) is 36.6 Å². The fourth-order valence-electron chi connectivity index (χ4n) is 1.78. The molecule has 0 radical (unpaired) electrons. The molecule has 0 aliphatic rings. The molecule has 0 aliphatic heterocycles. The Morgan fingerprint density at radius 2 is 1.60 bits per heavy atom. The number of carbonyl (C=O) groups is 2. The third-order valence-corrected chi connectivity index (χ3v) is 3.05. The molecule has 0 spiro atoms. The molecule has 4 nitrogen and oxygen atoms in total. The van der Waals surface area contributed by atoms with Crippen LogP contribution in [0.5, 0.6) is 0 Å². The second kappa shape index (κ2) is 9.13. The van der Waals surface area contributed by atoms with Crippen LogP contribution in [0.3, 0.4) is 0 Å². The number of nitrogens with zero attached hydrogens (tertiary/aromatic N) is 2. The van der Waals surface area contributed by atoms with Gasteiger partial charge in [-0.25, -0.2) is 0 Å². The van der Waals surface area contributed by atoms with Gasteiger partial charge in [0.1, 0.15) is 0 Å². The molecule has 0 heterocycles. The zero-order valence-corrected chi connectivity index (χ0v) is 13.1. The number of hydrogen-bond donors (Lipinski definition) is 0. The maximum Gasteiger partial charge on any atom is 0.260 e. The molecule has 0 rings (SSSR count). The lowest BCUT2D eigenvalue weighted by molar-refractivity contribution is -0.141. The standard InChI is InChI=1S/C16H26N2O2/c1-7-15(13(3)4)16(20)18(14(5)19)12-10-9-11-17(6)8-2/h7-8H,1-2,9-12H2,3-6H3. The summed E-state index contributed by atoms with van der Waals surface area (Å²) in [6.45, 7) is 13.7. The van der Waals surface area contributed by atoms with E-state index in [0.29, 0.717) is 12.1 Å². The van der Waals surface area contributed by atoms with Crippen molar-refractivity contribution in [2.45, 2.75) is 33.6 Å². The van der Waals surface area contributed by atoms with Crippen LogP contribution in [0.1, 0.15) is 33.6 Å². The summed E-state index contributed by atoms with van der Waals surface area (Å²) in [7, 11) is 1.94. The van der Waals surface area contributed by atoms with Gasteiger partial charge in [-0.2, -0.15) is 0 Å². The zero-order chi connectivity index (χ0) is 15.7. The second-order valence-electron chi connectivity index (χ2n) is 4.96. The molecule has 0 aromatic carbocycles.